The molecule has 0 radical (unpaired) electrons. The number of hydrogen-bond acceptors (Lipinski definition) is 3. The van der Waals surface area contributed by atoms with Gasteiger partial charge in [-0.3, -0.25) is 4.79 Å². The van der Waals surface area contributed by atoms with Gasteiger partial charge in [0.25, 0.3) is 0 Å². The second kappa shape index (κ2) is 7.76. The lowest BCUT2D eigenvalue weighted by atomic mass is 10.0. The maximum atomic E-state index is 12.5. The zero-order valence-corrected chi connectivity index (χ0v) is 18.2. The molecule has 1 amide bonds. The Morgan fingerprint density at radius 3 is 2.59 bits per heavy atom. The summed E-state index contributed by atoms with van der Waals surface area (Å²) < 4.78 is 1.68. The summed E-state index contributed by atoms with van der Waals surface area (Å²) >= 11 is 0. The first-order valence-electron chi connectivity index (χ1n) is 11.8. The molecule has 3 aliphatic rings. The molecule has 1 unspecified atom stereocenters. The highest BCUT2D eigenvalue weighted by Gasteiger charge is 2.36. The largest absolute Gasteiger partial charge is 0.347 e. The zero-order chi connectivity index (χ0) is 21.7. The molecule has 6 nitrogen and oxygen atoms in total. The number of fused-ring (bicyclic) bond motifs is 1. The number of amides is 1. The van der Waals surface area contributed by atoms with Gasteiger partial charge in [0.1, 0.15) is 5.82 Å². The van der Waals surface area contributed by atoms with Crippen LogP contribution in [0.5, 0.6) is 0 Å². The normalized spacial score (nSPS) is 20.0. The van der Waals surface area contributed by atoms with Crippen molar-refractivity contribution in [2.75, 3.05) is 13.1 Å². The molecular weight excluding hydrogens is 400 g/mol. The number of nitrogens with zero attached hydrogens (tertiary/aromatic N) is 3. The van der Waals surface area contributed by atoms with Crippen molar-refractivity contribution < 1.29 is 4.79 Å². The summed E-state index contributed by atoms with van der Waals surface area (Å²) in [6.07, 6.45) is 7.35. The number of aromatic amines is 1. The molecule has 2 aromatic carbocycles. The third kappa shape index (κ3) is 3.57. The van der Waals surface area contributed by atoms with Gasteiger partial charge in [0.15, 0.2) is 0 Å². The Hall–Kier alpha value is -3.15. The Balaban J connectivity index is 1.20. The highest BCUT2D eigenvalue weighted by molar-refractivity contribution is 5.81. The lowest BCUT2D eigenvalue weighted by molar-refractivity contribution is -0.131. The van der Waals surface area contributed by atoms with Gasteiger partial charge in [-0.15, -0.1) is 0 Å². The van der Waals surface area contributed by atoms with Crippen LogP contribution in [-0.4, -0.2) is 38.7 Å². The SMILES string of the molecule is O=C(C1CC1)N1CCC(Cc2n[nH]c(=O)n2-c2ccc(-c3ccc4c(c3)CCC4)cc2)C1. The van der Waals surface area contributed by atoms with Gasteiger partial charge in [-0.2, -0.15) is 5.10 Å². The van der Waals surface area contributed by atoms with Gasteiger partial charge in [0, 0.05) is 25.4 Å². The van der Waals surface area contributed by atoms with E-state index in [0.717, 1.165) is 49.4 Å². The summed E-state index contributed by atoms with van der Waals surface area (Å²) in [5.41, 5.74) is 5.94. The van der Waals surface area contributed by atoms with Crippen molar-refractivity contribution in [3.63, 3.8) is 0 Å². The van der Waals surface area contributed by atoms with Crippen LogP contribution in [0, 0.1) is 11.8 Å². The first-order valence-corrected chi connectivity index (χ1v) is 11.8. The van der Waals surface area contributed by atoms with Crippen LogP contribution in [0.3, 0.4) is 0 Å². The van der Waals surface area contributed by atoms with Crippen LogP contribution in [0.2, 0.25) is 0 Å². The van der Waals surface area contributed by atoms with Gasteiger partial charge in [0.2, 0.25) is 5.91 Å². The number of rotatable bonds is 5. The van der Waals surface area contributed by atoms with Crippen molar-refractivity contribution in [2.24, 2.45) is 11.8 Å². The molecule has 164 valence electrons. The van der Waals surface area contributed by atoms with E-state index < -0.39 is 0 Å². The lowest BCUT2D eigenvalue weighted by Crippen LogP contribution is -2.30. The van der Waals surface area contributed by atoms with Crippen LogP contribution in [0.15, 0.2) is 47.3 Å². The van der Waals surface area contributed by atoms with Crippen LogP contribution in [0.1, 0.15) is 42.6 Å². The Labute approximate surface area is 187 Å². The van der Waals surface area contributed by atoms with E-state index in [4.69, 9.17) is 0 Å². The Morgan fingerprint density at radius 1 is 1.00 bits per heavy atom. The summed E-state index contributed by atoms with van der Waals surface area (Å²) in [7, 11) is 0. The Bertz CT molecular complexity index is 1220. The molecule has 6 heteroatoms. The highest BCUT2D eigenvalue weighted by atomic mass is 16.2. The van der Waals surface area contributed by atoms with Gasteiger partial charge in [-0.1, -0.05) is 30.3 Å². The monoisotopic (exact) mass is 428 g/mol. The third-order valence-electron chi connectivity index (χ3n) is 7.29. The molecule has 0 bridgehead atoms. The van der Waals surface area contributed by atoms with Crippen LogP contribution < -0.4 is 5.69 Å². The van der Waals surface area contributed by atoms with Gasteiger partial charge < -0.3 is 4.90 Å². The molecule has 1 N–H and O–H groups in total. The van der Waals surface area contributed by atoms with Crippen molar-refractivity contribution in [2.45, 2.75) is 44.9 Å². The molecule has 1 saturated carbocycles. The quantitative estimate of drug-likeness (QED) is 0.676. The van der Waals surface area contributed by atoms with Crippen molar-refractivity contribution in [1.29, 1.82) is 0 Å². The van der Waals surface area contributed by atoms with E-state index in [1.165, 1.54) is 36.0 Å². The molecule has 2 aliphatic carbocycles. The summed E-state index contributed by atoms with van der Waals surface area (Å²) in [5.74, 6) is 1.67. The van der Waals surface area contributed by atoms with Crippen molar-refractivity contribution >= 4 is 5.91 Å². The molecule has 2 fully saturated rings. The number of benzene rings is 2. The van der Waals surface area contributed by atoms with Crippen molar-refractivity contribution in [1.82, 2.24) is 19.7 Å². The fraction of sp³-hybridized carbons (Fsp3) is 0.423. The molecule has 0 spiro atoms. The minimum Gasteiger partial charge on any atom is -0.342 e. The Kier molecular flexibility index (Phi) is 4.74. The molecule has 32 heavy (non-hydrogen) atoms. The second-order valence-corrected chi connectivity index (χ2v) is 9.58. The summed E-state index contributed by atoms with van der Waals surface area (Å²) in [4.78, 5) is 26.9. The number of H-pyrrole nitrogens is 1. The first-order chi connectivity index (χ1) is 15.7. The molecule has 1 aromatic heterocycles. The number of carbonyl (C=O) groups is 1. The summed E-state index contributed by atoms with van der Waals surface area (Å²) in [5, 5.41) is 6.94. The number of nitrogens with one attached hydrogen (secondary N) is 1. The van der Waals surface area contributed by atoms with E-state index >= 15 is 0 Å². The molecule has 6 rings (SSSR count). The minimum atomic E-state index is -0.214. The van der Waals surface area contributed by atoms with E-state index in [-0.39, 0.29) is 11.6 Å². The van der Waals surface area contributed by atoms with Gasteiger partial charge in [-0.25, -0.2) is 14.5 Å². The number of hydrogen-bond donors (Lipinski definition) is 1. The van der Waals surface area contributed by atoms with E-state index in [1.807, 2.05) is 17.0 Å². The Morgan fingerprint density at radius 2 is 1.78 bits per heavy atom. The molecule has 1 aliphatic heterocycles. The fourth-order valence-corrected chi connectivity index (χ4v) is 5.33. The third-order valence-corrected chi connectivity index (χ3v) is 7.29. The maximum absolute atomic E-state index is 12.5. The molecule has 1 atom stereocenters. The topological polar surface area (TPSA) is 71.0 Å². The number of likely N-dealkylation sites (tertiary alicyclic amines) is 1. The second-order valence-electron chi connectivity index (χ2n) is 9.58. The maximum Gasteiger partial charge on any atom is 0.347 e. The van der Waals surface area contributed by atoms with Crippen molar-refractivity contribution in [3.05, 3.63) is 69.9 Å². The van der Waals surface area contributed by atoms with E-state index in [1.54, 1.807) is 4.57 Å². The number of carbonyl (C=O) groups excluding carboxylic acids is 1. The van der Waals surface area contributed by atoms with Gasteiger partial charge in [0.05, 0.1) is 5.69 Å². The van der Waals surface area contributed by atoms with E-state index in [0.29, 0.717) is 18.2 Å². The zero-order valence-electron chi connectivity index (χ0n) is 18.2. The predicted octanol–water partition coefficient (Wildman–Crippen LogP) is 3.52. The van der Waals surface area contributed by atoms with E-state index in [2.05, 4.69) is 40.5 Å². The summed E-state index contributed by atoms with van der Waals surface area (Å²) in [6, 6.07) is 14.9. The first kappa shape index (κ1) is 19.5. The minimum absolute atomic E-state index is 0.214. The summed E-state index contributed by atoms with van der Waals surface area (Å²) in [6.45, 7) is 1.60. The van der Waals surface area contributed by atoms with E-state index in [9.17, 15) is 9.59 Å². The molecular formula is C26H28N4O2. The van der Waals surface area contributed by atoms with Crippen molar-refractivity contribution in [3.8, 4) is 16.8 Å². The van der Waals surface area contributed by atoms with Crippen LogP contribution in [-0.2, 0) is 24.1 Å². The molecule has 3 aromatic rings. The molecule has 2 heterocycles. The van der Waals surface area contributed by atoms with Crippen LogP contribution in [0.4, 0.5) is 0 Å². The van der Waals surface area contributed by atoms with Gasteiger partial charge in [-0.05, 0) is 78.8 Å². The van der Waals surface area contributed by atoms with Gasteiger partial charge >= 0.3 is 5.69 Å². The smallest absolute Gasteiger partial charge is 0.342 e. The predicted molar refractivity (Wildman–Crippen MR) is 123 cm³/mol. The average Bonchev–Trinajstić information content (AvgIpc) is 3.20. The fourth-order valence-electron chi connectivity index (χ4n) is 5.33. The standard InChI is InChI=1S/C26H28N4O2/c31-25(20-5-6-20)29-13-12-17(16-29)14-24-27-28-26(32)30(24)23-10-8-19(9-11-23)22-7-4-18-2-1-3-21(18)15-22/h4,7-11,15,17,20H,1-3,5-6,12-14,16H2,(H,28,32). The highest BCUT2D eigenvalue weighted by Crippen LogP contribution is 2.33. The number of aryl methyl sites for hydroxylation is 2. The molecule has 1 saturated heterocycles. The lowest BCUT2D eigenvalue weighted by Gasteiger charge is -2.16. The number of aromatic nitrogens is 3. The van der Waals surface area contributed by atoms with Crippen LogP contribution >= 0.6 is 0 Å². The van der Waals surface area contributed by atoms with Crippen LogP contribution in [0.25, 0.3) is 16.8 Å². The average molecular weight is 429 g/mol.